The Bertz CT molecular complexity index is 1500. The first-order valence-electron chi connectivity index (χ1n) is 17.6. The second-order valence-electron chi connectivity index (χ2n) is 12.9. The highest BCUT2D eigenvalue weighted by Crippen LogP contribution is 2.17. The molecule has 0 aromatic heterocycles. The Morgan fingerprint density at radius 1 is 0.698 bits per heavy atom. The van der Waals surface area contributed by atoms with Crippen LogP contribution in [0, 0.1) is 11.8 Å². The molecule has 0 fully saturated rings. The van der Waals surface area contributed by atoms with Crippen molar-refractivity contribution in [2.24, 2.45) is 17.6 Å². The van der Waals surface area contributed by atoms with Crippen LogP contribution in [0.25, 0.3) is 0 Å². The number of ketones is 2. The van der Waals surface area contributed by atoms with Crippen molar-refractivity contribution in [1.29, 1.82) is 0 Å². The van der Waals surface area contributed by atoms with Gasteiger partial charge in [0.2, 0.25) is 17.7 Å². The van der Waals surface area contributed by atoms with E-state index in [0.717, 1.165) is 30.4 Å². The van der Waals surface area contributed by atoms with Crippen molar-refractivity contribution in [1.82, 2.24) is 21.2 Å². The van der Waals surface area contributed by atoms with Gasteiger partial charge in [0.05, 0.1) is 24.4 Å². The number of thiol groups is 1. The van der Waals surface area contributed by atoms with E-state index in [1.165, 1.54) is 0 Å². The summed E-state index contributed by atoms with van der Waals surface area (Å²) in [6.45, 7) is 0.260. The maximum Gasteiger partial charge on any atom is 0.307 e. The Hall–Kier alpha value is -4.54. The lowest BCUT2D eigenvalue weighted by Crippen LogP contribution is -2.53. The number of unbranched alkanes of at least 4 members (excludes halogenated alkanes) is 3. The topological polar surface area (TPSA) is 234 Å². The largest absolute Gasteiger partial charge is 0.481 e. The van der Waals surface area contributed by atoms with Crippen molar-refractivity contribution in [2.45, 2.75) is 82.3 Å². The average molecular weight is 752 g/mol. The molecule has 0 bridgehead atoms. The van der Waals surface area contributed by atoms with Crippen molar-refractivity contribution < 1.29 is 43.8 Å². The third kappa shape index (κ3) is 17.7. The van der Waals surface area contributed by atoms with Crippen LogP contribution in [0.1, 0.15) is 62.5 Å². The van der Waals surface area contributed by atoms with Crippen LogP contribution in [-0.4, -0.2) is 96.4 Å². The van der Waals surface area contributed by atoms with Gasteiger partial charge in [0.1, 0.15) is 6.04 Å². The summed E-state index contributed by atoms with van der Waals surface area (Å²) in [5, 5.41) is 28.9. The molecule has 0 saturated heterocycles. The molecule has 0 aliphatic carbocycles. The number of aliphatic carboxylic acids is 2. The molecule has 3 amide bonds. The fraction of sp³-hybridized carbons (Fsp3) is 0.486. The van der Waals surface area contributed by atoms with Crippen LogP contribution in [0.2, 0.25) is 0 Å². The van der Waals surface area contributed by atoms with Gasteiger partial charge in [0.25, 0.3) is 0 Å². The predicted octanol–water partition coefficient (Wildman–Crippen LogP) is 1.15. The van der Waals surface area contributed by atoms with Crippen LogP contribution in [0.5, 0.6) is 0 Å². The van der Waals surface area contributed by atoms with E-state index in [2.05, 4.69) is 33.8 Å². The minimum absolute atomic E-state index is 0.161. The molecule has 2 aromatic rings. The first kappa shape index (κ1) is 44.6. The summed E-state index contributed by atoms with van der Waals surface area (Å²) in [6.07, 6.45) is 2.25. The number of Topliss-reactive ketones (excluding diaryl/α,β-unsaturated/α-hetero) is 2. The minimum atomic E-state index is -1.56. The van der Waals surface area contributed by atoms with Crippen molar-refractivity contribution >= 4 is 61.8 Å². The zero-order chi connectivity index (χ0) is 39.2. The lowest BCUT2D eigenvalue weighted by Gasteiger charge is -2.23. The Kier molecular flexibility index (Phi) is 20.8. The molecule has 16 heteroatoms. The van der Waals surface area contributed by atoms with Crippen molar-refractivity contribution in [3.63, 3.8) is 0 Å². The SMILES string of the molecule is [B]NCCCCCCC(=O)N[C@@H](Cc1ccccc1)C(=O)C[C@@H](Cc1ccccc1)C(=O)NC[C@H](N)C(=O)NC(CC(=O)O)C(=O)CC(CS)C(=O)O. The van der Waals surface area contributed by atoms with Gasteiger partial charge in [-0.05, 0) is 43.4 Å². The molecule has 0 aliphatic heterocycles. The fourth-order valence-electron chi connectivity index (χ4n) is 5.53. The smallest absolute Gasteiger partial charge is 0.307 e. The van der Waals surface area contributed by atoms with E-state index in [-0.39, 0.29) is 43.1 Å². The molecule has 14 nitrogen and oxygen atoms in total. The molecular formula is C37H50BN5O9S. The minimum Gasteiger partial charge on any atom is -0.481 e. The predicted molar refractivity (Wildman–Crippen MR) is 202 cm³/mol. The van der Waals surface area contributed by atoms with E-state index in [4.69, 9.17) is 13.7 Å². The number of carbonyl (C=O) groups is 7. The molecule has 8 N–H and O–H groups in total. The van der Waals surface area contributed by atoms with E-state index in [0.29, 0.717) is 13.0 Å². The van der Waals surface area contributed by atoms with Gasteiger partial charge in [-0.15, -0.1) is 0 Å². The zero-order valence-electron chi connectivity index (χ0n) is 29.7. The molecule has 0 saturated carbocycles. The highest BCUT2D eigenvalue weighted by atomic mass is 32.1. The van der Waals surface area contributed by atoms with Crippen LogP contribution in [-0.2, 0) is 46.4 Å². The van der Waals surface area contributed by atoms with Crippen molar-refractivity contribution in [3.05, 3.63) is 71.8 Å². The summed E-state index contributed by atoms with van der Waals surface area (Å²) < 4.78 is 0. The van der Waals surface area contributed by atoms with Crippen molar-refractivity contribution in [3.8, 4) is 0 Å². The molecule has 286 valence electrons. The van der Waals surface area contributed by atoms with E-state index >= 15 is 0 Å². The highest BCUT2D eigenvalue weighted by Gasteiger charge is 2.31. The summed E-state index contributed by atoms with van der Waals surface area (Å²) in [7, 11) is 5.30. The van der Waals surface area contributed by atoms with Crippen LogP contribution in [0.4, 0.5) is 0 Å². The second-order valence-corrected chi connectivity index (χ2v) is 13.2. The zero-order valence-corrected chi connectivity index (χ0v) is 30.6. The van der Waals surface area contributed by atoms with Gasteiger partial charge in [-0.2, -0.15) is 12.6 Å². The summed E-state index contributed by atoms with van der Waals surface area (Å²) in [5.41, 5.74) is 7.62. The van der Waals surface area contributed by atoms with Crippen LogP contribution in [0.15, 0.2) is 60.7 Å². The molecular weight excluding hydrogens is 701 g/mol. The second kappa shape index (κ2) is 24.7. The first-order valence-corrected chi connectivity index (χ1v) is 18.2. The van der Waals surface area contributed by atoms with Gasteiger partial charge in [-0.1, -0.05) is 73.5 Å². The highest BCUT2D eigenvalue weighted by molar-refractivity contribution is 7.80. The number of carboxylic acids is 2. The molecule has 2 radical (unpaired) electrons. The summed E-state index contributed by atoms with van der Waals surface area (Å²) in [6, 6.07) is 14.3. The molecule has 5 atom stereocenters. The lowest BCUT2D eigenvalue weighted by atomic mass is 9.89. The maximum atomic E-state index is 13.9. The third-order valence-electron chi connectivity index (χ3n) is 8.56. The Balaban J connectivity index is 2.16. The molecule has 0 aliphatic rings. The summed E-state index contributed by atoms with van der Waals surface area (Å²) >= 11 is 3.92. The monoisotopic (exact) mass is 751 g/mol. The number of carbonyl (C=O) groups excluding carboxylic acids is 5. The van der Waals surface area contributed by atoms with E-state index < -0.39 is 78.9 Å². The lowest BCUT2D eigenvalue weighted by molar-refractivity contribution is -0.143. The van der Waals surface area contributed by atoms with E-state index in [1.54, 1.807) is 24.3 Å². The number of carboxylic acid groups (broad SMARTS) is 2. The van der Waals surface area contributed by atoms with Gasteiger partial charge in [0, 0.05) is 37.5 Å². The first-order chi connectivity index (χ1) is 25.3. The number of nitrogens with two attached hydrogens (primary N) is 1. The van der Waals surface area contributed by atoms with E-state index in [1.807, 2.05) is 36.4 Å². The van der Waals surface area contributed by atoms with Crippen LogP contribution in [0.3, 0.4) is 0 Å². The standard InChI is InChI=1S/C37H50BN5O9S/c38-41-16-10-2-1-9-15-33(46)42-29(18-25-13-7-4-8-14-25)31(44)19-26(17-24-11-5-3-6-12-24)35(49)40-22-28(39)36(50)43-30(21-34(47)48)32(45)20-27(23-53)37(51)52/h3-8,11-14,26-30,41,53H,1-2,9-10,15-23,39H2,(H,40,49)(H,42,46)(H,43,50)(H,47,48)(H,51,52)/t26-,27?,28+,29+,30?/m1/s1. The summed E-state index contributed by atoms with van der Waals surface area (Å²) in [5.74, 6) is -7.97. The van der Waals surface area contributed by atoms with Gasteiger partial charge < -0.3 is 37.1 Å². The summed E-state index contributed by atoms with van der Waals surface area (Å²) in [4.78, 5) is 88.9. The van der Waals surface area contributed by atoms with Gasteiger partial charge in [-0.3, -0.25) is 33.6 Å². The average Bonchev–Trinajstić information content (AvgIpc) is 3.13. The third-order valence-corrected chi connectivity index (χ3v) is 9.00. The number of nitrogens with one attached hydrogen (secondary N) is 4. The Labute approximate surface area is 316 Å². The normalized spacial score (nSPS) is 13.8. The fourth-order valence-corrected chi connectivity index (χ4v) is 5.82. The maximum absolute atomic E-state index is 13.9. The van der Waals surface area contributed by atoms with Gasteiger partial charge in [-0.25, -0.2) is 0 Å². The van der Waals surface area contributed by atoms with Gasteiger partial charge in [0.15, 0.2) is 19.5 Å². The van der Waals surface area contributed by atoms with Crippen LogP contribution < -0.4 is 26.9 Å². The number of rotatable bonds is 27. The van der Waals surface area contributed by atoms with E-state index in [9.17, 15) is 43.8 Å². The number of amides is 3. The van der Waals surface area contributed by atoms with Gasteiger partial charge >= 0.3 is 11.9 Å². The molecule has 0 spiro atoms. The Morgan fingerprint density at radius 3 is 1.83 bits per heavy atom. The molecule has 53 heavy (non-hydrogen) atoms. The number of hydrogen-bond donors (Lipinski definition) is 8. The molecule has 2 rings (SSSR count). The quantitative estimate of drug-likeness (QED) is 0.0366. The molecule has 2 aromatic carbocycles. The number of benzene rings is 2. The van der Waals surface area contributed by atoms with Crippen molar-refractivity contribution in [2.75, 3.05) is 18.8 Å². The number of hydrogen-bond acceptors (Lipinski definition) is 10. The van der Waals surface area contributed by atoms with Crippen LogP contribution >= 0.6 is 12.6 Å². The molecule has 2 unspecified atom stereocenters. The Morgan fingerprint density at radius 2 is 1.26 bits per heavy atom. The molecule has 0 heterocycles.